The van der Waals surface area contributed by atoms with Crippen LogP contribution in [0.4, 0.5) is 0 Å². The molecule has 10 heterocycles. The minimum Gasteiger partial charge on any atom is -1.00 e. The molecule has 4 unspecified atom stereocenters. The van der Waals surface area contributed by atoms with Crippen molar-refractivity contribution in [1.29, 1.82) is 0 Å². The zero-order valence-corrected chi connectivity index (χ0v) is 12.4. The summed E-state index contributed by atoms with van der Waals surface area (Å²) in [4.78, 5) is 13.7. The molecule has 0 saturated carbocycles. The Kier molecular flexibility index (Phi) is 0.251. The first kappa shape index (κ1) is 7.52. The molecule has 0 aromatic carbocycles. The Morgan fingerprint density at radius 3 is 1.41 bits per heavy atom. The zero-order chi connectivity index (χ0) is 10.2. The molecule has 3 heteroatoms. The summed E-state index contributed by atoms with van der Waals surface area (Å²) in [6.07, 6.45) is 0. The van der Waals surface area contributed by atoms with E-state index in [2.05, 4.69) is 21.1 Å². The summed E-state index contributed by atoms with van der Waals surface area (Å²) in [6, 6.07) is 0. The number of quaternary nitrogens is 1. The van der Waals surface area contributed by atoms with E-state index in [9.17, 15) is 0 Å². The van der Waals surface area contributed by atoms with Crippen LogP contribution in [-0.2, 0) is 6.51 Å². The van der Waals surface area contributed by atoms with E-state index in [0.717, 1.165) is 4.31 Å². The number of hydrogen-bond acceptors (Lipinski definition) is 0. The third-order valence-electron chi connectivity index (χ3n) is 15.7. The number of fused-ring (bicyclic) bond motifs is 10. The molecular formula is C14H20ClFeN. The summed E-state index contributed by atoms with van der Waals surface area (Å²) < 4.78 is 2.45. The quantitative estimate of drug-likeness (QED) is 0.512. The van der Waals surface area contributed by atoms with Gasteiger partial charge in [0.25, 0.3) is 0 Å². The van der Waals surface area contributed by atoms with Crippen LogP contribution in [0.25, 0.3) is 0 Å². The van der Waals surface area contributed by atoms with Gasteiger partial charge in [-0.2, -0.15) is 0 Å². The van der Waals surface area contributed by atoms with Crippen LogP contribution < -0.4 is 12.4 Å². The molecule has 4 atom stereocenters. The molecule has 0 N–H and O–H groups in total. The predicted molar refractivity (Wildman–Crippen MR) is 59.3 cm³/mol. The molecule has 10 saturated heterocycles. The van der Waals surface area contributed by atoms with E-state index < -0.39 is 6.51 Å². The molecule has 0 aliphatic carbocycles. The standard InChI is InChI=1S/C9H15N.C5H5.ClH.Fe/c1-10(2,3)8-9-6-4-5-7-9;1-2-4-5-3-1;;/h4-7H,8H2,1-3H3;1-5H;1H;/q+1;;;/p-1. The molecule has 1 nitrogen and oxygen atoms in total. The van der Waals surface area contributed by atoms with Gasteiger partial charge in [-0.15, -0.1) is 0 Å². The molecule has 10 fully saturated rings. The summed E-state index contributed by atoms with van der Waals surface area (Å²) in [5, 5.41) is 0. The van der Waals surface area contributed by atoms with Crippen LogP contribution in [0.1, 0.15) is 0 Å². The van der Waals surface area contributed by atoms with Crippen molar-refractivity contribution in [2.75, 3.05) is 27.7 Å². The molecular weight excluding hydrogens is 273 g/mol. The maximum atomic E-state index is 2.48. The number of nitrogens with zero attached hydrogens (tertiary/aromatic N) is 1. The van der Waals surface area contributed by atoms with Crippen molar-refractivity contribution in [3.05, 3.63) is 0 Å². The maximum absolute atomic E-state index is 2.67. The predicted octanol–water partition coefficient (Wildman–Crippen LogP) is 0.456. The number of halogens is 1. The molecule has 96 valence electrons. The second kappa shape index (κ2) is 0.567. The van der Waals surface area contributed by atoms with E-state index in [4.69, 9.17) is 0 Å². The van der Waals surface area contributed by atoms with Crippen LogP contribution in [0.2, 0.25) is 47.7 Å². The summed E-state index contributed by atoms with van der Waals surface area (Å²) in [5.41, 5.74) is 0. The largest absolute Gasteiger partial charge is 1.00 e. The molecule has 0 radical (unpaired) electrons. The van der Waals surface area contributed by atoms with E-state index in [1.54, 1.807) is 6.54 Å². The van der Waals surface area contributed by atoms with Gasteiger partial charge in [0.15, 0.2) is 0 Å². The monoisotopic (exact) mass is 293 g/mol. The Hall–Kier alpha value is 0.769. The van der Waals surface area contributed by atoms with Crippen molar-refractivity contribution in [2.45, 2.75) is 47.7 Å². The third-order valence-corrected chi connectivity index (χ3v) is 58.6. The summed E-state index contributed by atoms with van der Waals surface area (Å²) in [7, 11) is 7.44. The third kappa shape index (κ3) is 0.0757. The molecule has 0 amide bonds. The first-order valence-electron chi connectivity index (χ1n) is 7.27. The minimum absolute atomic E-state index is 0. The van der Waals surface area contributed by atoms with Gasteiger partial charge in [-0.25, -0.2) is 0 Å². The molecule has 0 aromatic heterocycles. The first-order chi connectivity index (χ1) is 7.25. The van der Waals surface area contributed by atoms with Crippen LogP contribution in [0.15, 0.2) is 0 Å². The molecule has 0 aromatic rings. The van der Waals surface area contributed by atoms with Crippen molar-refractivity contribution in [3.8, 4) is 0 Å². The Labute approximate surface area is 98.6 Å². The van der Waals surface area contributed by atoms with Crippen LogP contribution in [-0.4, -0.2) is 32.2 Å². The van der Waals surface area contributed by atoms with E-state index in [-0.39, 0.29) is 12.4 Å². The van der Waals surface area contributed by atoms with Gasteiger partial charge in [-0.05, 0) is 0 Å². The van der Waals surface area contributed by atoms with Crippen LogP contribution >= 0.6 is 0 Å². The van der Waals surface area contributed by atoms with Crippen molar-refractivity contribution in [1.82, 2.24) is 0 Å². The van der Waals surface area contributed by atoms with E-state index >= 15 is 0 Å². The molecule has 10 rings (SSSR count). The number of hydrogen-bond donors (Lipinski definition) is 0. The SMILES string of the molecule is C[N+](C)(C)C[C]12[CH]3[CH]4[CH]5[CH]1[Fe]45321678[CH]2[CH]1[CH]6[CH]7[CH]28.[Cl-]. The fraction of sp³-hybridized carbons (Fsp3) is 1.00. The first-order valence-corrected chi connectivity index (χ1v) is 13.6. The molecule has 10 aliphatic rings. The van der Waals surface area contributed by atoms with Crippen molar-refractivity contribution in [3.63, 3.8) is 0 Å². The Bertz CT molecular complexity index is 860. The average molecular weight is 294 g/mol. The average Bonchev–Trinajstić information content (AvgIpc) is 3.10. The molecule has 1 spiro atoms. The van der Waals surface area contributed by atoms with Crippen molar-refractivity contribution >= 4 is 0 Å². The maximum Gasteiger partial charge on any atom is -1.00 e. The summed E-state index contributed by atoms with van der Waals surface area (Å²) in [6.45, 7) is -1.04. The minimum atomic E-state index is -2.67. The van der Waals surface area contributed by atoms with Gasteiger partial charge >= 0.3 is 86.3 Å². The topological polar surface area (TPSA) is 0 Å². The van der Waals surface area contributed by atoms with Gasteiger partial charge in [0, 0.05) is 0 Å². The fourth-order valence-electron chi connectivity index (χ4n) is 17.8. The van der Waals surface area contributed by atoms with Crippen molar-refractivity contribution < 1.29 is 23.4 Å². The zero-order valence-electron chi connectivity index (χ0n) is 10.6. The van der Waals surface area contributed by atoms with E-state index in [1.165, 1.54) is 47.8 Å². The van der Waals surface area contributed by atoms with E-state index in [1.807, 2.05) is 0 Å². The fourth-order valence-corrected chi connectivity index (χ4v) is 92.8. The van der Waals surface area contributed by atoms with Gasteiger partial charge < -0.3 is 12.4 Å². The molecule has 17 heavy (non-hydrogen) atoms. The molecule has 10 aliphatic heterocycles. The van der Waals surface area contributed by atoms with Gasteiger partial charge in [0.1, 0.15) is 0 Å². The van der Waals surface area contributed by atoms with E-state index in [0.29, 0.717) is 0 Å². The Morgan fingerprint density at radius 1 is 0.824 bits per heavy atom. The normalized spacial score (nSPS) is 120. The van der Waals surface area contributed by atoms with Crippen LogP contribution in [0.3, 0.4) is 0 Å². The van der Waals surface area contributed by atoms with Crippen molar-refractivity contribution in [2.24, 2.45) is 0 Å². The molecule has 0 bridgehead atoms. The van der Waals surface area contributed by atoms with Gasteiger partial charge in [0.05, 0.1) is 0 Å². The Morgan fingerprint density at radius 2 is 1.24 bits per heavy atom. The Balaban J connectivity index is 0.000000625. The smallest absolute Gasteiger partial charge is 1.00 e. The number of rotatable bonds is 2. The van der Waals surface area contributed by atoms with Crippen LogP contribution in [0, 0.1) is 0 Å². The van der Waals surface area contributed by atoms with Gasteiger partial charge in [0.2, 0.25) is 0 Å². The van der Waals surface area contributed by atoms with Gasteiger partial charge in [-0.1, -0.05) is 0 Å². The van der Waals surface area contributed by atoms with Gasteiger partial charge in [-0.3, -0.25) is 0 Å². The second-order valence-electron chi connectivity index (χ2n) is 12.3. The second-order valence-corrected chi connectivity index (χ2v) is 36.0. The van der Waals surface area contributed by atoms with Crippen LogP contribution in [0.5, 0.6) is 0 Å². The summed E-state index contributed by atoms with van der Waals surface area (Å²) in [5.74, 6) is 0. The summed E-state index contributed by atoms with van der Waals surface area (Å²) >= 11 is 0.